The summed E-state index contributed by atoms with van der Waals surface area (Å²) in [6.07, 6.45) is -7.04. The molecular formula is C4F8LiNO4S2. The molecule has 0 aromatic heterocycles. The fourth-order valence-corrected chi connectivity index (χ4v) is 4.16. The van der Waals surface area contributed by atoms with Crippen LogP contribution in [-0.2, 0) is 20.0 Å². The monoisotopic (exact) mass is 349 g/mol. The van der Waals surface area contributed by atoms with E-state index in [0.29, 0.717) is 0 Å². The van der Waals surface area contributed by atoms with Crippen LogP contribution >= 0.6 is 0 Å². The van der Waals surface area contributed by atoms with Gasteiger partial charge in [-0.15, -0.1) is 0 Å². The van der Waals surface area contributed by atoms with E-state index in [9.17, 15) is 52.0 Å². The number of sulfonamides is 2. The predicted molar refractivity (Wildman–Crippen MR) is 41.0 cm³/mol. The molecule has 5 nitrogen and oxygen atoms in total. The van der Waals surface area contributed by atoms with Crippen molar-refractivity contribution in [3.8, 4) is 0 Å². The molecule has 0 aromatic carbocycles. The van der Waals surface area contributed by atoms with Crippen molar-refractivity contribution < 1.29 is 70.8 Å². The Hall–Kier alpha value is -0.103. The summed E-state index contributed by atoms with van der Waals surface area (Å²) in [5.74, 6) is -7.11. The van der Waals surface area contributed by atoms with Gasteiger partial charge in [-0.05, 0) is 0 Å². The summed E-state index contributed by atoms with van der Waals surface area (Å²) in [5, 5.41) is -13.5. The fourth-order valence-electron chi connectivity index (χ4n) is 1.06. The summed E-state index contributed by atoms with van der Waals surface area (Å²) in [7, 11) is -14.0. The van der Waals surface area contributed by atoms with Crippen molar-refractivity contribution in [1.29, 1.82) is 0 Å². The molecule has 1 heterocycles. The van der Waals surface area contributed by atoms with Crippen molar-refractivity contribution in [3.63, 3.8) is 0 Å². The first-order chi connectivity index (χ1) is 7.96. The van der Waals surface area contributed by atoms with Gasteiger partial charge in [0.1, 0.15) is 10.0 Å². The Kier molecular flexibility index (Phi) is 4.42. The minimum absolute atomic E-state index is 0. The minimum atomic E-state index is -7.15. The first-order valence-electron chi connectivity index (χ1n) is 3.70. The van der Waals surface area contributed by atoms with Crippen molar-refractivity contribution in [2.75, 3.05) is 0 Å². The fraction of sp³-hybridized carbons (Fsp3) is 1.00. The van der Waals surface area contributed by atoms with Gasteiger partial charge in [0.25, 0.3) is 0 Å². The van der Waals surface area contributed by atoms with Crippen LogP contribution in [0.3, 0.4) is 0 Å². The number of hydrogen-bond acceptors (Lipinski definition) is 4. The molecule has 1 fully saturated rings. The van der Waals surface area contributed by atoms with Crippen molar-refractivity contribution in [3.05, 3.63) is 4.13 Å². The van der Waals surface area contributed by atoms with E-state index in [4.69, 9.17) is 0 Å². The molecule has 0 spiro atoms. The standard InChI is InChI=1S/C4F8NO4S2.Li/c5-1(6)2(7,3(8,9)10)18(14,15)13-19(16,17)4(1,11)12;/q-1;+1. The van der Waals surface area contributed by atoms with E-state index < -0.39 is 42.4 Å². The smallest absolute Gasteiger partial charge is 0.427 e. The molecule has 1 aliphatic heterocycles. The van der Waals surface area contributed by atoms with Gasteiger partial charge >= 0.3 is 41.2 Å². The number of alkyl halides is 8. The molecule has 0 bridgehead atoms. The van der Waals surface area contributed by atoms with Crippen LogP contribution in [0.5, 0.6) is 0 Å². The van der Waals surface area contributed by atoms with Crippen LogP contribution in [0.2, 0.25) is 0 Å². The van der Waals surface area contributed by atoms with Crippen LogP contribution in [0.15, 0.2) is 0 Å². The SMILES string of the molecule is O=S1(=O)[N-]S(=O)(=O)C(F)(C(F)(F)F)C(F)(F)C1(F)F.[Li+]. The van der Waals surface area contributed by atoms with Crippen LogP contribution in [0.4, 0.5) is 35.1 Å². The molecule has 1 rings (SSSR count). The Labute approximate surface area is 118 Å². The second-order valence-corrected chi connectivity index (χ2v) is 6.78. The second-order valence-electron chi connectivity index (χ2n) is 3.21. The van der Waals surface area contributed by atoms with E-state index in [2.05, 4.69) is 0 Å². The molecule has 1 aliphatic rings. The van der Waals surface area contributed by atoms with Crippen LogP contribution in [-0.4, -0.2) is 39.2 Å². The summed E-state index contributed by atoms with van der Waals surface area (Å²) >= 11 is 0. The van der Waals surface area contributed by atoms with Gasteiger partial charge in [-0.25, -0.2) is 21.2 Å². The molecule has 1 atom stereocenters. The average Bonchev–Trinajstić information content (AvgIpc) is 2.10. The normalized spacial score (nSPS) is 34.0. The van der Waals surface area contributed by atoms with Crippen molar-refractivity contribution in [2.24, 2.45) is 0 Å². The van der Waals surface area contributed by atoms with Crippen LogP contribution < -0.4 is 18.9 Å². The van der Waals surface area contributed by atoms with Crippen LogP contribution in [0.1, 0.15) is 0 Å². The zero-order valence-corrected chi connectivity index (χ0v) is 10.6. The van der Waals surface area contributed by atoms with Gasteiger partial charge in [-0.2, -0.15) is 30.7 Å². The number of hydrogen-bond donors (Lipinski definition) is 0. The van der Waals surface area contributed by atoms with Crippen LogP contribution in [0.25, 0.3) is 4.13 Å². The Morgan fingerprint density at radius 3 is 1.45 bits per heavy atom. The van der Waals surface area contributed by atoms with Crippen molar-refractivity contribution in [2.45, 2.75) is 22.4 Å². The number of halogens is 8. The van der Waals surface area contributed by atoms with E-state index >= 15 is 0 Å². The van der Waals surface area contributed by atoms with E-state index in [1.807, 2.05) is 0 Å². The summed E-state index contributed by atoms with van der Waals surface area (Å²) in [6, 6.07) is 0. The average molecular weight is 349 g/mol. The van der Waals surface area contributed by atoms with Gasteiger partial charge < -0.3 is 4.13 Å². The van der Waals surface area contributed by atoms with Gasteiger partial charge in [-0.3, -0.25) is 0 Å². The Morgan fingerprint density at radius 2 is 1.15 bits per heavy atom. The Balaban J connectivity index is 0.00000361. The van der Waals surface area contributed by atoms with Gasteiger partial charge in [0.2, 0.25) is 0 Å². The molecule has 0 aromatic rings. The van der Waals surface area contributed by atoms with E-state index in [-0.39, 0.29) is 18.9 Å². The summed E-state index contributed by atoms with van der Waals surface area (Å²) in [4.78, 5) is 0. The maximum absolute atomic E-state index is 13.2. The maximum Gasteiger partial charge on any atom is 1.00 e. The quantitative estimate of drug-likeness (QED) is 0.394. The largest absolute Gasteiger partial charge is 1.00 e. The summed E-state index contributed by atoms with van der Waals surface area (Å²) in [5.41, 5.74) is 0. The molecule has 0 N–H and O–H groups in total. The molecule has 1 saturated heterocycles. The van der Waals surface area contributed by atoms with Crippen molar-refractivity contribution in [1.82, 2.24) is 0 Å². The topological polar surface area (TPSA) is 82.4 Å². The molecular weight excluding hydrogens is 349 g/mol. The molecule has 16 heteroatoms. The third-order valence-corrected chi connectivity index (χ3v) is 5.68. The van der Waals surface area contributed by atoms with Gasteiger partial charge in [0.15, 0.2) is 10.0 Å². The third-order valence-electron chi connectivity index (χ3n) is 2.01. The Morgan fingerprint density at radius 1 is 0.800 bits per heavy atom. The second kappa shape index (κ2) is 4.45. The third kappa shape index (κ3) is 1.97. The van der Waals surface area contributed by atoms with E-state index in [1.165, 1.54) is 0 Å². The first-order valence-corrected chi connectivity index (χ1v) is 6.58. The number of rotatable bonds is 0. The van der Waals surface area contributed by atoms with E-state index in [0.717, 1.165) is 4.13 Å². The van der Waals surface area contributed by atoms with Crippen LogP contribution in [0, 0.1) is 0 Å². The number of nitrogens with zero attached hydrogens (tertiary/aromatic N) is 1. The molecule has 114 valence electrons. The molecule has 20 heavy (non-hydrogen) atoms. The maximum atomic E-state index is 13.2. The van der Waals surface area contributed by atoms with E-state index in [1.54, 1.807) is 0 Å². The molecule has 0 amide bonds. The van der Waals surface area contributed by atoms with Gasteiger partial charge in [0.05, 0.1) is 0 Å². The van der Waals surface area contributed by atoms with Crippen molar-refractivity contribution >= 4 is 20.0 Å². The Bertz CT molecular complexity index is 611. The predicted octanol–water partition coefficient (Wildman–Crippen LogP) is -1.51. The molecule has 0 saturated carbocycles. The van der Waals surface area contributed by atoms with Gasteiger partial charge in [-0.1, -0.05) is 0 Å². The molecule has 0 aliphatic carbocycles. The zero-order chi connectivity index (χ0) is 15.7. The minimum Gasteiger partial charge on any atom is -0.427 e. The molecule has 0 radical (unpaired) electrons. The summed E-state index contributed by atoms with van der Waals surface area (Å²) in [6.45, 7) is 0. The molecule has 1 unspecified atom stereocenters. The van der Waals surface area contributed by atoms with Gasteiger partial charge in [0, 0.05) is 0 Å². The first kappa shape index (κ1) is 19.9. The zero-order valence-electron chi connectivity index (χ0n) is 8.92. The summed E-state index contributed by atoms with van der Waals surface area (Å²) < 4.78 is 144.